The van der Waals surface area contributed by atoms with Crippen LogP contribution in [0.25, 0.3) is 12.2 Å². The number of benzene rings is 1. The summed E-state index contributed by atoms with van der Waals surface area (Å²) in [5.41, 5.74) is 2.82. The Hall–Kier alpha value is -1.04. The van der Waals surface area contributed by atoms with Crippen molar-refractivity contribution in [2.45, 2.75) is 26.7 Å². The molecule has 2 rings (SSSR count). The van der Waals surface area contributed by atoms with E-state index in [0.717, 1.165) is 0 Å². The third-order valence-electron chi connectivity index (χ3n) is 2.59. The Labute approximate surface area is 73.2 Å². The summed E-state index contributed by atoms with van der Waals surface area (Å²) in [7, 11) is 0. The zero-order valence-corrected chi connectivity index (χ0v) is 7.72. The highest BCUT2D eigenvalue weighted by molar-refractivity contribution is 5.43. The second kappa shape index (κ2) is 2.78. The highest BCUT2D eigenvalue weighted by Gasteiger charge is 1.98. The van der Waals surface area contributed by atoms with E-state index in [0.29, 0.717) is 0 Å². The molecule has 0 unspecified atom stereocenters. The van der Waals surface area contributed by atoms with Gasteiger partial charge in [0, 0.05) is 0 Å². The lowest BCUT2D eigenvalue weighted by molar-refractivity contribution is 1.10. The molecule has 0 aromatic heterocycles. The van der Waals surface area contributed by atoms with E-state index < -0.39 is 0 Å². The van der Waals surface area contributed by atoms with E-state index in [1.807, 2.05) is 0 Å². The molecule has 0 heteroatoms. The van der Waals surface area contributed by atoms with Gasteiger partial charge in [0.25, 0.3) is 0 Å². The van der Waals surface area contributed by atoms with Gasteiger partial charge in [-0.3, -0.25) is 0 Å². The predicted molar refractivity (Wildman–Crippen MR) is 53.3 cm³/mol. The second-order valence-corrected chi connectivity index (χ2v) is 3.51. The van der Waals surface area contributed by atoms with Crippen molar-refractivity contribution in [3.05, 3.63) is 33.7 Å². The zero-order valence-electron chi connectivity index (χ0n) is 7.72. The molecule has 0 saturated heterocycles. The fraction of sp³-hybridized carbons (Fsp3) is 0.333. The van der Waals surface area contributed by atoms with Crippen LogP contribution in [-0.2, 0) is 0 Å². The molecule has 1 aromatic rings. The Morgan fingerprint density at radius 3 is 1.67 bits per heavy atom. The van der Waals surface area contributed by atoms with Gasteiger partial charge in [0.15, 0.2) is 0 Å². The van der Waals surface area contributed by atoms with Crippen molar-refractivity contribution in [3.8, 4) is 0 Å². The molecule has 0 amide bonds. The van der Waals surface area contributed by atoms with Crippen molar-refractivity contribution in [1.29, 1.82) is 0 Å². The van der Waals surface area contributed by atoms with Crippen LogP contribution < -0.4 is 10.4 Å². The van der Waals surface area contributed by atoms with Crippen LogP contribution in [0.4, 0.5) is 0 Å². The maximum Gasteiger partial charge on any atom is -0.0195 e. The van der Waals surface area contributed by atoms with E-state index in [4.69, 9.17) is 0 Å². The minimum Gasteiger partial charge on any atom is -0.0761 e. The van der Waals surface area contributed by atoms with E-state index in [1.54, 1.807) is 0 Å². The largest absolute Gasteiger partial charge is 0.0761 e. The molecule has 0 fully saturated rings. The molecule has 0 bridgehead atoms. The molecular formula is C12H14. The molecule has 0 heterocycles. The van der Waals surface area contributed by atoms with E-state index in [9.17, 15) is 0 Å². The molecule has 62 valence electrons. The van der Waals surface area contributed by atoms with Gasteiger partial charge >= 0.3 is 0 Å². The SMILES string of the molecule is Cc1ccc(C)c2c1=CCCC=2. The van der Waals surface area contributed by atoms with Crippen molar-refractivity contribution in [1.82, 2.24) is 0 Å². The minimum atomic E-state index is 1.21. The number of hydrogen-bond donors (Lipinski definition) is 0. The van der Waals surface area contributed by atoms with Crippen LogP contribution in [-0.4, -0.2) is 0 Å². The van der Waals surface area contributed by atoms with Crippen LogP contribution in [0.15, 0.2) is 12.1 Å². The molecule has 1 aromatic carbocycles. The van der Waals surface area contributed by atoms with Gasteiger partial charge in [0.1, 0.15) is 0 Å². The Morgan fingerprint density at radius 1 is 0.833 bits per heavy atom. The smallest absolute Gasteiger partial charge is 0.0195 e. The molecule has 0 radical (unpaired) electrons. The Balaban J connectivity index is 2.92. The third kappa shape index (κ3) is 1.08. The lowest BCUT2D eigenvalue weighted by Crippen LogP contribution is -2.31. The van der Waals surface area contributed by atoms with E-state index >= 15 is 0 Å². The highest BCUT2D eigenvalue weighted by atomic mass is 14.0. The van der Waals surface area contributed by atoms with Gasteiger partial charge < -0.3 is 0 Å². The van der Waals surface area contributed by atoms with Crippen molar-refractivity contribution in [2.24, 2.45) is 0 Å². The van der Waals surface area contributed by atoms with Crippen LogP contribution >= 0.6 is 0 Å². The molecule has 0 saturated carbocycles. The minimum absolute atomic E-state index is 1.21. The summed E-state index contributed by atoms with van der Waals surface area (Å²) in [6, 6.07) is 4.42. The number of hydrogen-bond acceptors (Lipinski definition) is 0. The second-order valence-electron chi connectivity index (χ2n) is 3.51. The highest BCUT2D eigenvalue weighted by Crippen LogP contribution is 1.99. The Kier molecular flexibility index (Phi) is 1.76. The maximum absolute atomic E-state index is 2.36. The summed E-state index contributed by atoms with van der Waals surface area (Å²) in [4.78, 5) is 0. The van der Waals surface area contributed by atoms with Gasteiger partial charge in [-0.15, -0.1) is 0 Å². The molecule has 1 aliphatic rings. The summed E-state index contributed by atoms with van der Waals surface area (Å²) >= 11 is 0. The summed E-state index contributed by atoms with van der Waals surface area (Å²) in [6.45, 7) is 4.38. The first kappa shape index (κ1) is 7.60. The molecule has 0 N–H and O–H groups in total. The van der Waals surface area contributed by atoms with Crippen LogP contribution in [0.3, 0.4) is 0 Å². The lowest BCUT2D eigenvalue weighted by atomic mass is 10.0. The number of fused-ring (bicyclic) bond motifs is 1. The topological polar surface area (TPSA) is 0 Å². The summed E-state index contributed by atoms with van der Waals surface area (Å²) in [5, 5.41) is 2.92. The average Bonchev–Trinajstić information content (AvgIpc) is 2.12. The Morgan fingerprint density at radius 2 is 1.25 bits per heavy atom. The van der Waals surface area contributed by atoms with Crippen LogP contribution in [0.5, 0.6) is 0 Å². The van der Waals surface area contributed by atoms with Gasteiger partial charge in [-0.1, -0.05) is 24.3 Å². The summed E-state index contributed by atoms with van der Waals surface area (Å²) < 4.78 is 0. The summed E-state index contributed by atoms with van der Waals surface area (Å²) in [6.07, 6.45) is 7.13. The van der Waals surface area contributed by atoms with Crippen molar-refractivity contribution >= 4 is 12.2 Å². The first-order valence-corrected chi connectivity index (χ1v) is 4.55. The lowest BCUT2D eigenvalue weighted by Gasteiger charge is -2.05. The maximum atomic E-state index is 2.36. The van der Waals surface area contributed by atoms with Gasteiger partial charge in [-0.05, 0) is 48.3 Å². The van der Waals surface area contributed by atoms with Crippen molar-refractivity contribution < 1.29 is 0 Å². The van der Waals surface area contributed by atoms with Gasteiger partial charge in [0.05, 0.1) is 0 Å². The normalized spacial score (nSPS) is 14.5. The van der Waals surface area contributed by atoms with E-state index in [1.165, 1.54) is 34.4 Å². The molecule has 0 spiro atoms. The fourth-order valence-electron chi connectivity index (χ4n) is 1.85. The molecule has 12 heavy (non-hydrogen) atoms. The monoisotopic (exact) mass is 158 g/mol. The van der Waals surface area contributed by atoms with Gasteiger partial charge in [0.2, 0.25) is 0 Å². The quantitative estimate of drug-likeness (QED) is 0.538. The third-order valence-corrected chi connectivity index (χ3v) is 2.59. The summed E-state index contributed by atoms with van der Waals surface area (Å²) in [5.74, 6) is 0. The first-order valence-electron chi connectivity index (χ1n) is 4.55. The van der Waals surface area contributed by atoms with Crippen molar-refractivity contribution in [3.63, 3.8) is 0 Å². The van der Waals surface area contributed by atoms with Crippen LogP contribution in [0.1, 0.15) is 24.0 Å². The first-order chi connectivity index (χ1) is 5.79. The average molecular weight is 158 g/mol. The standard InChI is InChI=1S/C12H14/c1-9-7-8-10(2)12-6-4-3-5-11(9)12/h5-8H,3-4H2,1-2H3. The molecule has 0 aliphatic heterocycles. The molecule has 1 aliphatic carbocycles. The number of rotatable bonds is 0. The van der Waals surface area contributed by atoms with E-state index in [2.05, 4.69) is 38.1 Å². The van der Waals surface area contributed by atoms with Gasteiger partial charge in [-0.2, -0.15) is 0 Å². The van der Waals surface area contributed by atoms with E-state index in [-0.39, 0.29) is 0 Å². The van der Waals surface area contributed by atoms with Gasteiger partial charge in [-0.25, -0.2) is 0 Å². The van der Waals surface area contributed by atoms with Crippen LogP contribution in [0.2, 0.25) is 0 Å². The van der Waals surface area contributed by atoms with Crippen molar-refractivity contribution in [2.75, 3.05) is 0 Å². The zero-order chi connectivity index (χ0) is 8.55. The Bertz CT molecular complexity index is 369. The predicted octanol–water partition coefficient (Wildman–Crippen LogP) is 1.66. The molecule has 0 atom stereocenters. The molecule has 0 nitrogen and oxygen atoms in total. The van der Waals surface area contributed by atoms with Crippen LogP contribution in [0, 0.1) is 13.8 Å². The molecular weight excluding hydrogens is 144 g/mol. The number of aryl methyl sites for hydroxylation is 2. The fourth-order valence-corrected chi connectivity index (χ4v) is 1.85.